The fourth-order valence-electron chi connectivity index (χ4n) is 6.85. The number of hydrogen-bond acceptors (Lipinski definition) is 2. The zero-order valence-electron chi connectivity index (χ0n) is 22.7. The van der Waals surface area contributed by atoms with Crippen molar-refractivity contribution >= 4 is 45.1 Å². The van der Waals surface area contributed by atoms with Gasteiger partial charge in [0.15, 0.2) is 0 Å². The summed E-state index contributed by atoms with van der Waals surface area (Å²) < 4.78 is 0. The number of thioether (sulfide) groups is 1. The van der Waals surface area contributed by atoms with Gasteiger partial charge >= 0.3 is 0 Å². The van der Waals surface area contributed by atoms with E-state index in [0.29, 0.717) is 0 Å². The highest BCUT2D eigenvalue weighted by Crippen LogP contribution is 2.56. The summed E-state index contributed by atoms with van der Waals surface area (Å²) in [5.41, 5.74) is 14.8. The first-order valence-corrected chi connectivity index (χ1v) is 15.2. The Bertz CT molecular complexity index is 1900. The molecule has 1 nitrogen and oxygen atoms in total. The third kappa shape index (κ3) is 3.49. The van der Waals surface area contributed by atoms with Crippen molar-refractivity contribution in [3.63, 3.8) is 0 Å². The fourth-order valence-corrected chi connectivity index (χ4v) is 7.50. The summed E-state index contributed by atoms with van der Waals surface area (Å²) in [6.45, 7) is 2.14. The first-order chi connectivity index (χ1) is 19.7. The number of rotatable bonds is 4. The second kappa shape index (κ2) is 9.15. The summed E-state index contributed by atoms with van der Waals surface area (Å²) in [5, 5.41) is 2.71. The van der Waals surface area contributed by atoms with Crippen molar-refractivity contribution in [2.75, 3.05) is 11.2 Å². The van der Waals surface area contributed by atoms with E-state index in [1.807, 2.05) is 11.8 Å². The predicted molar refractivity (Wildman–Crippen MR) is 173 cm³/mol. The Morgan fingerprint density at radius 1 is 0.700 bits per heavy atom. The molecule has 0 bridgehead atoms. The molecule has 8 rings (SSSR count). The molecule has 0 saturated heterocycles. The van der Waals surface area contributed by atoms with E-state index >= 15 is 0 Å². The summed E-state index contributed by atoms with van der Waals surface area (Å²) in [6.07, 6.45) is 7.94. The minimum atomic E-state index is 0.269. The topological polar surface area (TPSA) is 3.24 Å². The molecule has 0 aromatic heterocycles. The van der Waals surface area contributed by atoms with E-state index in [0.717, 1.165) is 6.42 Å². The van der Waals surface area contributed by atoms with Crippen LogP contribution in [0.4, 0.5) is 5.69 Å². The normalized spacial score (nSPS) is 17.1. The molecular formula is C38H29NS. The standard InChI is InChI=1S/C38H29NS/c1-24-14-16-25(17-15-24)30-20-18-28(23-35(30)40-2)27-19-21-31-34(22-27)39(29-10-4-3-5-11-29)38-33-13-7-9-26-8-6-12-32(36(26)33)37(31)38/h3-21,23,34H,22H2,1-2H3. The maximum Gasteiger partial charge on any atom is 0.0639 e. The molecule has 0 fully saturated rings. The Balaban J connectivity index is 1.25. The van der Waals surface area contributed by atoms with Crippen LogP contribution in [-0.4, -0.2) is 12.3 Å². The molecule has 2 heteroatoms. The van der Waals surface area contributed by atoms with Crippen molar-refractivity contribution in [2.24, 2.45) is 0 Å². The Morgan fingerprint density at radius 3 is 2.23 bits per heavy atom. The number of aryl methyl sites for hydroxylation is 1. The molecule has 3 aliphatic rings. The number of benzene rings is 5. The van der Waals surface area contributed by atoms with Crippen LogP contribution in [0.3, 0.4) is 0 Å². The molecule has 0 spiro atoms. The lowest BCUT2D eigenvalue weighted by Crippen LogP contribution is -2.32. The van der Waals surface area contributed by atoms with Crippen LogP contribution in [0.15, 0.2) is 132 Å². The molecule has 5 aromatic carbocycles. The number of fused-ring (bicyclic) bond motifs is 4. The highest BCUT2D eigenvalue weighted by atomic mass is 32.2. The lowest BCUT2D eigenvalue weighted by Gasteiger charge is -2.33. The highest BCUT2D eigenvalue weighted by molar-refractivity contribution is 7.98. The molecule has 1 aliphatic heterocycles. The second-order valence-electron chi connectivity index (χ2n) is 11.0. The van der Waals surface area contributed by atoms with E-state index in [9.17, 15) is 0 Å². The summed E-state index contributed by atoms with van der Waals surface area (Å²) >= 11 is 1.83. The third-order valence-electron chi connectivity index (χ3n) is 8.71. The van der Waals surface area contributed by atoms with E-state index in [2.05, 4.69) is 139 Å². The van der Waals surface area contributed by atoms with Crippen molar-refractivity contribution in [1.29, 1.82) is 0 Å². The van der Waals surface area contributed by atoms with E-state index in [1.165, 1.54) is 77.2 Å². The van der Waals surface area contributed by atoms with Gasteiger partial charge in [0.25, 0.3) is 0 Å². The maximum atomic E-state index is 2.61. The Labute approximate surface area is 240 Å². The van der Waals surface area contributed by atoms with E-state index in [4.69, 9.17) is 0 Å². The van der Waals surface area contributed by atoms with Crippen LogP contribution in [0.2, 0.25) is 0 Å². The summed E-state index contributed by atoms with van der Waals surface area (Å²) in [7, 11) is 0. The Morgan fingerprint density at radius 2 is 1.45 bits per heavy atom. The van der Waals surface area contributed by atoms with Crippen molar-refractivity contribution in [3.8, 4) is 11.1 Å². The van der Waals surface area contributed by atoms with Gasteiger partial charge in [-0.2, -0.15) is 0 Å². The van der Waals surface area contributed by atoms with Crippen LogP contribution in [-0.2, 0) is 0 Å². The van der Waals surface area contributed by atoms with Gasteiger partial charge in [-0.05, 0) is 82.0 Å². The minimum absolute atomic E-state index is 0.269. The summed E-state index contributed by atoms with van der Waals surface area (Å²) in [4.78, 5) is 3.93. The van der Waals surface area contributed by atoms with E-state index < -0.39 is 0 Å². The van der Waals surface area contributed by atoms with Crippen LogP contribution in [0.5, 0.6) is 0 Å². The van der Waals surface area contributed by atoms with Gasteiger partial charge in [0.1, 0.15) is 0 Å². The molecule has 1 atom stereocenters. The number of allylic oxidation sites excluding steroid dienone is 2. The zero-order chi connectivity index (χ0) is 26.8. The first kappa shape index (κ1) is 23.6. The van der Waals surface area contributed by atoms with Crippen LogP contribution in [0, 0.1) is 6.92 Å². The lowest BCUT2D eigenvalue weighted by molar-refractivity contribution is 0.796. The van der Waals surface area contributed by atoms with Gasteiger partial charge < -0.3 is 4.90 Å². The van der Waals surface area contributed by atoms with Crippen LogP contribution >= 0.6 is 11.8 Å². The van der Waals surface area contributed by atoms with E-state index in [-0.39, 0.29) is 6.04 Å². The summed E-state index contributed by atoms with van der Waals surface area (Å²) in [6, 6.07) is 40.6. The quantitative estimate of drug-likeness (QED) is 0.212. The fraction of sp³-hybridized carbons (Fsp3) is 0.105. The predicted octanol–water partition coefficient (Wildman–Crippen LogP) is 10.0. The molecule has 0 amide bonds. The lowest BCUT2D eigenvalue weighted by atomic mass is 9.85. The van der Waals surface area contributed by atoms with Gasteiger partial charge in [-0.3, -0.25) is 0 Å². The van der Waals surface area contributed by atoms with E-state index in [1.54, 1.807) is 0 Å². The molecule has 192 valence electrons. The van der Waals surface area contributed by atoms with Gasteiger partial charge in [0, 0.05) is 21.7 Å². The molecular weight excluding hydrogens is 502 g/mol. The average Bonchev–Trinajstić information content (AvgIpc) is 3.52. The number of anilines is 1. The van der Waals surface area contributed by atoms with Crippen molar-refractivity contribution < 1.29 is 0 Å². The van der Waals surface area contributed by atoms with Gasteiger partial charge in [0.2, 0.25) is 0 Å². The third-order valence-corrected chi connectivity index (χ3v) is 9.49. The SMILES string of the molecule is CSc1cc(C2=CC=C3C4=C(c5cccc6cccc4c56)N(c4ccccc4)C3C2)ccc1-c1ccc(C)cc1. The van der Waals surface area contributed by atoms with Crippen LogP contribution < -0.4 is 4.90 Å². The van der Waals surface area contributed by atoms with Crippen LogP contribution in [0.25, 0.3) is 38.7 Å². The summed E-state index contributed by atoms with van der Waals surface area (Å²) in [5.74, 6) is 0. The first-order valence-electron chi connectivity index (χ1n) is 14.0. The van der Waals surface area contributed by atoms with Gasteiger partial charge in [-0.25, -0.2) is 0 Å². The zero-order valence-corrected chi connectivity index (χ0v) is 23.5. The molecule has 0 radical (unpaired) electrons. The van der Waals surface area contributed by atoms with Crippen LogP contribution in [0.1, 0.15) is 28.7 Å². The number of para-hydroxylation sites is 1. The molecule has 1 unspecified atom stereocenters. The molecule has 0 N–H and O–H groups in total. The van der Waals surface area contributed by atoms with Crippen molar-refractivity contribution in [2.45, 2.75) is 24.3 Å². The second-order valence-corrected chi connectivity index (χ2v) is 11.8. The van der Waals surface area contributed by atoms with Crippen molar-refractivity contribution in [3.05, 3.63) is 149 Å². The van der Waals surface area contributed by atoms with Crippen molar-refractivity contribution in [1.82, 2.24) is 0 Å². The van der Waals surface area contributed by atoms with Gasteiger partial charge in [-0.15, -0.1) is 11.8 Å². The Hall–Kier alpha value is -4.27. The Kier molecular flexibility index (Phi) is 5.40. The van der Waals surface area contributed by atoms with Gasteiger partial charge in [-0.1, -0.05) is 109 Å². The minimum Gasteiger partial charge on any atom is -0.333 e. The molecule has 1 heterocycles. The largest absolute Gasteiger partial charge is 0.333 e. The molecule has 0 saturated carbocycles. The smallest absolute Gasteiger partial charge is 0.0639 e. The average molecular weight is 532 g/mol. The maximum absolute atomic E-state index is 2.61. The highest BCUT2D eigenvalue weighted by Gasteiger charge is 2.43. The molecule has 5 aromatic rings. The molecule has 2 aliphatic carbocycles. The monoisotopic (exact) mass is 531 g/mol. The van der Waals surface area contributed by atoms with Gasteiger partial charge in [0.05, 0.1) is 11.7 Å². The molecule has 40 heavy (non-hydrogen) atoms. The number of nitrogens with zero attached hydrogens (tertiary/aromatic N) is 1. The number of hydrogen-bond donors (Lipinski definition) is 0.